The number of nitrogen functional groups attached to an aromatic ring is 1. The van der Waals surface area contributed by atoms with Crippen molar-refractivity contribution in [2.45, 2.75) is 11.8 Å². The lowest BCUT2D eigenvalue weighted by atomic mass is 10.2. The van der Waals surface area contributed by atoms with Gasteiger partial charge in [0.25, 0.3) is 0 Å². The molecule has 1 amide bonds. The number of rotatable bonds is 4. The zero-order valence-electron chi connectivity index (χ0n) is 11.3. The zero-order chi connectivity index (χ0) is 15.4. The van der Waals surface area contributed by atoms with Gasteiger partial charge in [0.1, 0.15) is 11.6 Å². The summed E-state index contributed by atoms with van der Waals surface area (Å²) in [7, 11) is 0. The van der Waals surface area contributed by atoms with Gasteiger partial charge in [-0.05, 0) is 42.8 Å². The first kappa shape index (κ1) is 15.3. The predicted octanol–water partition coefficient (Wildman–Crippen LogP) is 3.59. The first-order valence-corrected chi connectivity index (χ1v) is 7.18. The Morgan fingerprint density at radius 1 is 1.24 bits per heavy atom. The summed E-state index contributed by atoms with van der Waals surface area (Å²) in [6.07, 6.45) is 0. The van der Waals surface area contributed by atoms with E-state index in [1.807, 2.05) is 6.92 Å². The van der Waals surface area contributed by atoms with E-state index >= 15 is 0 Å². The van der Waals surface area contributed by atoms with Crippen molar-refractivity contribution in [3.05, 3.63) is 53.6 Å². The molecule has 0 aromatic heterocycles. The highest BCUT2D eigenvalue weighted by molar-refractivity contribution is 8.00. The molecule has 3 nitrogen and oxygen atoms in total. The zero-order valence-corrected chi connectivity index (χ0v) is 12.1. The Morgan fingerprint density at radius 3 is 2.67 bits per heavy atom. The average Bonchev–Trinajstić information content (AvgIpc) is 2.41. The van der Waals surface area contributed by atoms with Crippen LogP contribution in [-0.2, 0) is 4.79 Å². The normalized spacial score (nSPS) is 10.4. The number of nitrogens with one attached hydrogen (secondary N) is 1. The van der Waals surface area contributed by atoms with E-state index in [0.717, 1.165) is 29.5 Å². The highest BCUT2D eigenvalue weighted by Gasteiger charge is 2.09. The van der Waals surface area contributed by atoms with Crippen molar-refractivity contribution in [1.29, 1.82) is 0 Å². The number of carbonyl (C=O) groups excluding carboxylic acids is 1. The third-order valence-corrected chi connectivity index (χ3v) is 3.83. The summed E-state index contributed by atoms with van der Waals surface area (Å²) in [6, 6.07) is 8.43. The molecular weight excluding hydrogens is 294 g/mol. The first-order valence-electron chi connectivity index (χ1n) is 6.19. The van der Waals surface area contributed by atoms with Crippen LogP contribution in [0.3, 0.4) is 0 Å². The van der Waals surface area contributed by atoms with Crippen LogP contribution in [0.4, 0.5) is 20.2 Å². The van der Waals surface area contributed by atoms with E-state index < -0.39 is 11.6 Å². The molecule has 0 radical (unpaired) electrons. The number of amides is 1. The second-order valence-corrected chi connectivity index (χ2v) is 5.50. The first-order chi connectivity index (χ1) is 9.95. The van der Waals surface area contributed by atoms with E-state index in [0.29, 0.717) is 11.4 Å². The fourth-order valence-electron chi connectivity index (χ4n) is 1.75. The summed E-state index contributed by atoms with van der Waals surface area (Å²) >= 11 is 1.01. The maximum absolute atomic E-state index is 13.4. The van der Waals surface area contributed by atoms with Gasteiger partial charge in [-0.15, -0.1) is 11.8 Å². The minimum atomic E-state index is -0.670. The Bertz CT molecular complexity index is 677. The van der Waals surface area contributed by atoms with Crippen molar-refractivity contribution in [2.75, 3.05) is 16.8 Å². The van der Waals surface area contributed by atoms with Crippen LogP contribution in [0.5, 0.6) is 0 Å². The molecule has 21 heavy (non-hydrogen) atoms. The van der Waals surface area contributed by atoms with Crippen LogP contribution in [-0.4, -0.2) is 11.7 Å². The lowest BCUT2D eigenvalue weighted by Crippen LogP contribution is -2.15. The predicted molar refractivity (Wildman–Crippen MR) is 81.3 cm³/mol. The average molecular weight is 308 g/mol. The number of benzene rings is 2. The fraction of sp³-hybridized carbons (Fsp3) is 0.133. The molecule has 2 aromatic rings. The van der Waals surface area contributed by atoms with E-state index in [2.05, 4.69) is 5.32 Å². The Hall–Kier alpha value is -2.08. The number of aryl methyl sites for hydroxylation is 1. The standard InChI is InChI=1S/C15H14F2N2OS/c1-9-6-11(18)3-4-13(9)19-15(20)8-21-14-5-2-10(16)7-12(14)17/h2-7H,8,18H2,1H3,(H,19,20). The highest BCUT2D eigenvalue weighted by Crippen LogP contribution is 2.23. The molecule has 6 heteroatoms. The van der Waals surface area contributed by atoms with Gasteiger partial charge in [-0.3, -0.25) is 4.79 Å². The molecule has 2 rings (SSSR count). The van der Waals surface area contributed by atoms with Crippen molar-refractivity contribution in [1.82, 2.24) is 0 Å². The van der Waals surface area contributed by atoms with E-state index in [1.54, 1.807) is 18.2 Å². The molecule has 0 bridgehead atoms. The van der Waals surface area contributed by atoms with Crippen molar-refractivity contribution < 1.29 is 13.6 Å². The summed E-state index contributed by atoms with van der Waals surface area (Å²) in [5.41, 5.74) is 7.76. The summed E-state index contributed by atoms with van der Waals surface area (Å²) < 4.78 is 26.2. The van der Waals surface area contributed by atoms with E-state index in [-0.39, 0.29) is 16.6 Å². The molecule has 0 atom stereocenters. The van der Waals surface area contributed by atoms with E-state index in [4.69, 9.17) is 5.73 Å². The van der Waals surface area contributed by atoms with Crippen molar-refractivity contribution in [3.63, 3.8) is 0 Å². The third kappa shape index (κ3) is 4.19. The van der Waals surface area contributed by atoms with Crippen LogP contribution in [0.1, 0.15) is 5.56 Å². The molecule has 0 unspecified atom stereocenters. The van der Waals surface area contributed by atoms with Gasteiger partial charge in [0.15, 0.2) is 0 Å². The quantitative estimate of drug-likeness (QED) is 0.670. The van der Waals surface area contributed by atoms with Crippen molar-refractivity contribution in [2.24, 2.45) is 0 Å². The van der Waals surface area contributed by atoms with Crippen LogP contribution in [0, 0.1) is 18.6 Å². The summed E-state index contributed by atoms with van der Waals surface area (Å²) in [5.74, 6) is -1.54. The lowest BCUT2D eigenvalue weighted by Gasteiger charge is -2.09. The number of hydrogen-bond acceptors (Lipinski definition) is 3. The van der Waals surface area contributed by atoms with Gasteiger partial charge in [0.2, 0.25) is 5.91 Å². The molecule has 0 aliphatic rings. The second kappa shape index (κ2) is 6.58. The molecule has 0 spiro atoms. The van der Waals surface area contributed by atoms with Crippen LogP contribution in [0.25, 0.3) is 0 Å². The monoisotopic (exact) mass is 308 g/mol. The maximum atomic E-state index is 13.4. The smallest absolute Gasteiger partial charge is 0.234 e. The maximum Gasteiger partial charge on any atom is 0.234 e. The number of hydrogen-bond donors (Lipinski definition) is 2. The summed E-state index contributed by atoms with van der Waals surface area (Å²) in [5, 5.41) is 2.73. The van der Waals surface area contributed by atoms with Gasteiger partial charge in [0, 0.05) is 22.3 Å². The number of anilines is 2. The summed E-state index contributed by atoms with van der Waals surface area (Å²) in [4.78, 5) is 12.1. The van der Waals surface area contributed by atoms with Gasteiger partial charge in [-0.25, -0.2) is 8.78 Å². The van der Waals surface area contributed by atoms with Crippen LogP contribution < -0.4 is 11.1 Å². The van der Waals surface area contributed by atoms with Crippen molar-refractivity contribution in [3.8, 4) is 0 Å². The Kier molecular flexibility index (Phi) is 4.80. The van der Waals surface area contributed by atoms with Crippen molar-refractivity contribution >= 4 is 29.0 Å². The minimum Gasteiger partial charge on any atom is -0.399 e. The van der Waals surface area contributed by atoms with Gasteiger partial charge in [-0.1, -0.05) is 0 Å². The lowest BCUT2D eigenvalue weighted by molar-refractivity contribution is -0.113. The molecule has 110 valence electrons. The number of nitrogens with two attached hydrogens (primary N) is 1. The Balaban J connectivity index is 1.96. The van der Waals surface area contributed by atoms with Crippen LogP contribution in [0.2, 0.25) is 0 Å². The largest absolute Gasteiger partial charge is 0.399 e. The number of thioether (sulfide) groups is 1. The molecular formula is C15H14F2N2OS. The number of halogens is 2. The molecule has 2 aromatic carbocycles. The van der Waals surface area contributed by atoms with Gasteiger partial charge >= 0.3 is 0 Å². The molecule has 0 saturated heterocycles. The molecule has 0 aliphatic carbocycles. The summed E-state index contributed by atoms with van der Waals surface area (Å²) in [6.45, 7) is 1.83. The Morgan fingerprint density at radius 2 is 2.00 bits per heavy atom. The van der Waals surface area contributed by atoms with Gasteiger partial charge < -0.3 is 11.1 Å². The number of carbonyl (C=O) groups is 1. The Labute approximate surface area is 125 Å². The highest BCUT2D eigenvalue weighted by atomic mass is 32.2. The van der Waals surface area contributed by atoms with E-state index in [1.165, 1.54) is 6.07 Å². The van der Waals surface area contributed by atoms with Gasteiger partial charge in [-0.2, -0.15) is 0 Å². The topological polar surface area (TPSA) is 55.1 Å². The van der Waals surface area contributed by atoms with Gasteiger partial charge in [0.05, 0.1) is 5.75 Å². The third-order valence-electron chi connectivity index (χ3n) is 2.78. The van der Waals surface area contributed by atoms with Crippen LogP contribution >= 0.6 is 11.8 Å². The molecule has 0 heterocycles. The molecule has 0 aliphatic heterocycles. The fourth-order valence-corrected chi connectivity index (χ4v) is 2.47. The van der Waals surface area contributed by atoms with E-state index in [9.17, 15) is 13.6 Å². The SMILES string of the molecule is Cc1cc(N)ccc1NC(=O)CSc1ccc(F)cc1F. The molecule has 3 N–H and O–H groups in total. The molecule has 0 saturated carbocycles. The minimum absolute atomic E-state index is 0.0341. The molecule has 0 fully saturated rings. The van der Waals surface area contributed by atoms with Crippen LogP contribution in [0.15, 0.2) is 41.3 Å². The second-order valence-electron chi connectivity index (χ2n) is 4.49.